The number of thiazole rings is 2. The second kappa shape index (κ2) is 14.4. The van der Waals surface area contributed by atoms with E-state index >= 15 is 0 Å². The van der Waals surface area contributed by atoms with Crippen LogP contribution in [0, 0.1) is 17.7 Å². The number of nitrogens with zero attached hydrogens (tertiary/aromatic N) is 3. The highest BCUT2D eigenvalue weighted by Crippen LogP contribution is 2.35. The number of anilines is 2. The van der Waals surface area contributed by atoms with Gasteiger partial charge >= 0.3 is 5.97 Å². The second-order valence-corrected chi connectivity index (χ2v) is 12.2. The van der Waals surface area contributed by atoms with Gasteiger partial charge in [-0.2, -0.15) is 0 Å². The number of carbonyl (C=O) groups excluding carboxylic acids is 1. The summed E-state index contributed by atoms with van der Waals surface area (Å²) in [5.41, 5.74) is 16.5. The minimum Gasteiger partial charge on any atom is -0.491 e. The monoisotopic (exact) mass is 648 g/mol. The van der Waals surface area contributed by atoms with Gasteiger partial charge in [0.2, 0.25) is 0 Å². The van der Waals surface area contributed by atoms with E-state index in [4.69, 9.17) is 26.0 Å². The largest absolute Gasteiger partial charge is 0.491 e. The first-order chi connectivity index (χ1) is 21.8. The number of halogens is 1. The Kier molecular flexibility index (Phi) is 10.2. The molecule has 13 heteroatoms. The minimum atomic E-state index is -0.543. The van der Waals surface area contributed by atoms with Crippen LogP contribution in [-0.4, -0.2) is 47.9 Å². The summed E-state index contributed by atoms with van der Waals surface area (Å²) in [5.74, 6) is 5.15. The topological polar surface area (TPSA) is 149 Å². The number of aryl methyl sites for hydroxylation is 1. The zero-order chi connectivity index (χ0) is 31.9. The molecule has 0 bridgehead atoms. The lowest BCUT2D eigenvalue weighted by Gasteiger charge is -2.30. The summed E-state index contributed by atoms with van der Waals surface area (Å²) in [7, 11) is 1.31. The molecule has 6 N–H and O–H groups in total. The predicted octanol–water partition coefficient (Wildman–Crippen LogP) is 5.11. The first kappa shape index (κ1) is 31.8. The summed E-state index contributed by atoms with van der Waals surface area (Å²) >= 11 is 2.88. The molecular formula is C32H33FN6O4S2. The molecule has 0 saturated heterocycles. The van der Waals surface area contributed by atoms with Crippen molar-refractivity contribution < 1.29 is 23.8 Å². The molecule has 45 heavy (non-hydrogen) atoms. The number of hydrogen-bond donors (Lipinski definition) is 4. The molecule has 0 amide bonds. The fraction of sp³-hybridized carbons (Fsp3) is 0.281. The Balaban J connectivity index is 1.30. The number of para-hydroxylation sites is 1. The van der Waals surface area contributed by atoms with Crippen molar-refractivity contribution >= 4 is 49.1 Å². The van der Waals surface area contributed by atoms with Crippen LogP contribution < -0.4 is 26.4 Å². The summed E-state index contributed by atoms with van der Waals surface area (Å²) in [5, 5.41) is 13.3. The van der Waals surface area contributed by atoms with E-state index in [0.717, 1.165) is 39.1 Å². The number of hydrogen-bond acceptors (Lipinski definition) is 12. The van der Waals surface area contributed by atoms with Crippen molar-refractivity contribution in [1.29, 1.82) is 0 Å². The molecule has 234 valence electrons. The Morgan fingerprint density at radius 1 is 1.22 bits per heavy atom. The lowest BCUT2D eigenvalue weighted by atomic mass is 9.99. The van der Waals surface area contributed by atoms with Crippen LogP contribution in [0.4, 0.5) is 14.7 Å². The number of aliphatic hydroxyl groups is 1. The van der Waals surface area contributed by atoms with E-state index < -0.39 is 11.8 Å². The zero-order valence-electron chi connectivity index (χ0n) is 24.9. The molecule has 0 radical (unpaired) electrons. The molecule has 3 heterocycles. The number of allylic oxidation sites excluding steroid dienone is 2. The van der Waals surface area contributed by atoms with E-state index in [0.29, 0.717) is 46.9 Å². The van der Waals surface area contributed by atoms with Gasteiger partial charge in [-0.15, -0.1) is 11.3 Å². The third kappa shape index (κ3) is 7.37. The summed E-state index contributed by atoms with van der Waals surface area (Å²) in [4.78, 5) is 24.5. The van der Waals surface area contributed by atoms with Gasteiger partial charge in [0, 0.05) is 17.0 Å². The molecule has 1 aliphatic heterocycles. The molecule has 1 aliphatic rings. The number of nitrogens with one attached hydrogen (secondary N) is 1. The van der Waals surface area contributed by atoms with Gasteiger partial charge in [-0.05, 0) is 74.1 Å². The van der Waals surface area contributed by atoms with Crippen molar-refractivity contribution in [2.24, 2.45) is 11.5 Å². The number of methoxy groups -OCH3 is 1. The van der Waals surface area contributed by atoms with Crippen LogP contribution in [0.15, 0.2) is 65.3 Å². The fourth-order valence-corrected chi connectivity index (χ4v) is 6.84. The van der Waals surface area contributed by atoms with Gasteiger partial charge in [-0.3, -0.25) is 0 Å². The molecule has 2 aromatic heterocycles. The highest BCUT2D eigenvalue weighted by atomic mass is 32.1. The number of carbonyl (C=O) groups is 1. The first-order valence-electron chi connectivity index (χ1n) is 14.2. The lowest BCUT2D eigenvalue weighted by molar-refractivity contribution is 0.0593. The number of rotatable bonds is 10. The standard InChI is InChI=1S/C32H33FN6O4S2/c1-19(28(34)38-31-36-23-10-3-4-11-25(23)44-31)21-9-5-15-39(29(21)35)32-37-27(30(41)42-2)26(45-32)12-7-17-43-24-14-13-20(8-6-16-40)18-22(24)33/h3-4,10-11,13-14,18,40H,5,7,9,12,15-17,34-35H2,1-2H3,(H,36,38)/b28-19+. The molecular weight excluding hydrogens is 616 g/mol. The Morgan fingerprint density at radius 2 is 2.04 bits per heavy atom. The number of esters is 1. The molecule has 5 rings (SSSR count). The number of aromatic nitrogens is 2. The maximum absolute atomic E-state index is 14.4. The van der Waals surface area contributed by atoms with E-state index in [-0.39, 0.29) is 24.7 Å². The third-order valence-electron chi connectivity index (χ3n) is 7.15. The van der Waals surface area contributed by atoms with Crippen molar-refractivity contribution in [2.45, 2.75) is 32.6 Å². The van der Waals surface area contributed by atoms with Crippen molar-refractivity contribution in [3.63, 3.8) is 0 Å². The molecule has 0 unspecified atom stereocenters. The summed E-state index contributed by atoms with van der Waals surface area (Å²) in [6, 6.07) is 12.3. The van der Waals surface area contributed by atoms with Crippen LogP contribution in [0.3, 0.4) is 0 Å². The van der Waals surface area contributed by atoms with Crippen LogP contribution in [0.5, 0.6) is 5.75 Å². The van der Waals surface area contributed by atoms with Gasteiger partial charge in [-0.25, -0.2) is 19.2 Å². The average molecular weight is 649 g/mol. The molecule has 0 atom stereocenters. The summed E-state index contributed by atoms with van der Waals surface area (Å²) in [6.07, 6.45) is 2.52. The van der Waals surface area contributed by atoms with Gasteiger partial charge < -0.3 is 36.3 Å². The summed E-state index contributed by atoms with van der Waals surface area (Å²) in [6.45, 7) is 2.46. The Hall–Kier alpha value is -4.64. The number of benzene rings is 2. The van der Waals surface area contributed by atoms with E-state index in [9.17, 15) is 9.18 Å². The quantitative estimate of drug-likeness (QED) is 0.104. The van der Waals surface area contributed by atoms with Crippen molar-refractivity contribution in [2.75, 3.05) is 37.1 Å². The van der Waals surface area contributed by atoms with Gasteiger partial charge in [0.15, 0.2) is 27.5 Å². The van der Waals surface area contributed by atoms with E-state index in [2.05, 4.69) is 27.1 Å². The molecule has 0 saturated carbocycles. The molecule has 0 aliphatic carbocycles. The van der Waals surface area contributed by atoms with Crippen LogP contribution in [-0.2, 0) is 11.2 Å². The SMILES string of the molecule is COC(=O)c1nc(N2CCCC(/C(C)=C(\N)Nc3nc4ccccc4s3)=C2N)sc1CCCOc1ccc(C#CCO)cc1F. The van der Waals surface area contributed by atoms with E-state index in [1.54, 1.807) is 6.07 Å². The van der Waals surface area contributed by atoms with Gasteiger partial charge in [-0.1, -0.05) is 35.3 Å². The van der Waals surface area contributed by atoms with Gasteiger partial charge in [0.05, 0.1) is 23.9 Å². The minimum absolute atomic E-state index is 0.0989. The second-order valence-electron chi connectivity index (χ2n) is 10.1. The third-order valence-corrected chi connectivity index (χ3v) is 9.24. The van der Waals surface area contributed by atoms with Crippen LogP contribution in [0.1, 0.15) is 47.1 Å². The van der Waals surface area contributed by atoms with Crippen molar-refractivity contribution in [3.05, 3.63) is 87.2 Å². The van der Waals surface area contributed by atoms with Gasteiger partial charge in [0.25, 0.3) is 0 Å². The van der Waals surface area contributed by atoms with Crippen molar-refractivity contribution in [1.82, 2.24) is 9.97 Å². The lowest BCUT2D eigenvalue weighted by Crippen LogP contribution is -2.34. The predicted molar refractivity (Wildman–Crippen MR) is 176 cm³/mol. The number of nitrogens with two attached hydrogens (primary N) is 2. The fourth-order valence-electron chi connectivity index (χ4n) is 4.83. The molecule has 2 aromatic carbocycles. The average Bonchev–Trinajstić information content (AvgIpc) is 3.66. The summed E-state index contributed by atoms with van der Waals surface area (Å²) < 4.78 is 26.1. The maximum Gasteiger partial charge on any atom is 0.357 e. The number of aliphatic hydroxyl groups excluding tert-OH is 1. The number of fused-ring (bicyclic) bond motifs is 1. The zero-order valence-corrected chi connectivity index (χ0v) is 26.5. The van der Waals surface area contributed by atoms with E-state index in [1.165, 1.54) is 41.9 Å². The molecule has 10 nitrogen and oxygen atoms in total. The maximum atomic E-state index is 14.4. The highest BCUT2D eigenvalue weighted by Gasteiger charge is 2.27. The van der Waals surface area contributed by atoms with E-state index in [1.807, 2.05) is 36.1 Å². The van der Waals surface area contributed by atoms with Crippen LogP contribution in [0.2, 0.25) is 0 Å². The first-order valence-corrected chi connectivity index (χ1v) is 15.9. The number of ether oxygens (including phenoxy) is 2. The molecule has 0 spiro atoms. The molecule has 4 aromatic rings. The normalized spacial score (nSPS) is 13.7. The van der Waals surface area contributed by atoms with Crippen LogP contribution in [0.25, 0.3) is 10.2 Å². The Morgan fingerprint density at radius 3 is 2.80 bits per heavy atom. The van der Waals surface area contributed by atoms with Gasteiger partial charge in [0.1, 0.15) is 18.2 Å². The van der Waals surface area contributed by atoms with Crippen LogP contribution >= 0.6 is 22.7 Å². The highest BCUT2D eigenvalue weighted by molar-refractivity contribution is 7.22. The van der Waals surface area contributed by atoms with Crippen molar-refractivity contribution in [3.8, 4) is 17.6 Å². The Bertz CT molecular complexity index is 1800. The molecule has 0 fully saturated rings. The Labute approximate surface area is 268 Å². The smallest absolute Gasteiger partial charge is 0.357 e.